The molecule has 0 atom stereocenters. The number of benzene rings is 1. The third kappa shape index (κ3) is 1.43. The minimum atomic E-state index is 0.901. The number of nitrogens with zero attached hydrogens (tertiary/aromatic N) is 3. The molecule has 4 heteroatoms. The monoisotopic (exact) mass is 213 g/mol. The zero-order chi connectivity index (χ0) is 10.1. The van der Waals surface area contributed by atoms with Crippen molar-refractivity contribution in [1.29, 1.82) is 0 Å². The molecule has 0 bridgehead atoms. The molecule has 0 N–H and O–H groups in total. The van der Waals surface area contributed by atoms with Crippen LogP contribution in [0.15, 0.2) is 44.4 Å². The highest BCUT2D eigenvalue weighted by molar-refractivity contribution is 8.00. The molecule has 2 aliphatic heterocycles. The number of rotatable bonds is 0. The number of hydrogen-bond donors (Lipinski definition) is 0. The van der Waals surface area contributed by atoms with Crippen LogP contribution in [0.3, 0.4) is 0 Å². The first kappa shape index (κ1) is 8.61. The van der Waals surface area contributed by atoms with Crippen molar-refractivity contribution in [3.05, 3.63) is 46.0 Å². The summed E-state index contributed by atoms with van der Waals surface area (Å²) in [4.78, 5) is 0. The molecule has 0 aromatic heterocycles. The molecule has 0 spiro atoms. The average Bonchev–Trinajstić information content (AvgIpc) is 2.54. The van der Waals surface area contributed by atoms with Gasteiger partial charge >= 0.3 is 0 Å². The van der Waals surface area contributed by atoms with Crippen molar-refractivity contribution in [1.82, 2.24) is 0 Å². The van der Waals surface area contributed by atoms with Crippen molar-refractivity contribution < 1.29 is 0 Å². The summed E-state index contributed by atoms with van der Waals surface area (Å²) in [6.45, 7) is 0. The summed E-state index contributed by atoms with van der Waals surface area (Å²) < 4.78 is 4.33. The zero-order valence-corrected chi connectivity index (χ0v) is 8.61. The van der Waals surface area contributed by atoms with E-state index in [4.69, 9.17) is 0 Å². The number of azo groups is 1. The smallest absolute Gasteiger partial charge is 0.102 e. The molecule has 3 rings (SSSR count). The Morgan fingerprint density at radius 3 is 3.20 bits per heavy atom. The lowest BCUT2D eigenvalue weighted by Crippen LogP contribution is -2.14. The van der Waals surface area contributed by atoms with E-state index in [1.54, 1.807) is 6.20 Å². The predicted molar refractivity (Wildman–Crippen MR) is 62.0 cm³/mol. The number of allylic oxidation sites excluding steroid dienone is 1. The van der Waals surface area contributed by atoms with Crippen LogP contribution in [0.25, 0.3) is 12.2 Å². The van der Waals surface area contributed by atoms with Gasteiger partial charge in [-0.15, -0.1) is 5.11 Å². The van der Waals surface area contributed by atoms with Crippen LogP contribution in [-0.4, -0.2) is 0 Å². The minimum Gasteiger partial charge on any atom is -0.211 e. The molecule has 2 aliphatic rings. The van der Waals surface area contributed by atoms with Gasteiger partial charge in [0.05, 0.1) is 5.36 Å². The van der Waals surface area contributed by atoms with Gasteiger partial charge in [-0.25, -0.2) is 4.40 Å². The van der Waals surface area contributed by atoms with Gasteiger partial charge in [0.25, 0.3) is 0 Å². The first-order valence-corrected chi connectivity index (χ1v) is 5.40. The van der Waals surface area contributed by atoms with Crippen molar-refractivity contribution in [3.8, 4) is 0 Å². The van der Waals surface area contributed by atoms with E-state index in [0.29, 0.717) is 0 Å². The SMILES string of the molecule is C1=CN=Nc2c3c(ccc2=C1)=NSC=C3. The second-order valence-electron chi connectivity index (χ2n) is 3.16. The Hall–Kier alpha value is -1.68. The summed E-state index contributed by atoms with van der Waals surface area (Å²) in [7, 11) is 0. The molecule has 0 saturated carbocycles. The minimum absolute atomic E-state index is 0.901. The fraction of sp³-hybridized carbons (Fsp3) is 0. The summed E-state index contributed by atoms with van der Waals surface area (Å²) in [6, 6.07) is 4.03. The Morgan fingerprint density at radius 2 is 2.20 bits per heavy atom. The van der Waals surface area contributed by atoms with Gasteiger partial charge < -0.3 is 0 Å². The summed E-state index contributed by atoms with van der Waals surface area (Å²) in [5.41, 5.74) is 1.95. The summed E-state index contributed by atoms with van der Waals surface area (Å²) >= 11 is 1.44. The maximum absolute atomic E-state index is 4.33. The maximum atomic E-state index is 4.33. The van der Waals surface area contributed by atoms with Crippen LogP contribution in [0.1, 0.15) is 5.56 Å². The quantitative estimate of drug-likeness (QED) is 0.609. The molecule has 0 radical (unpaired) electrons. The molecule has 72 valence electrons. The van der Waals surface area contributed by atoms with Crippen LogP contribution < -0.4 is 10.6 Å². The molecule has 15 heavy (non-hydrogen) atoms. The molecular weight excluding hydrogens is 206 g/mol. The largest absolute Gasteiger partial charge is 0.211 e. The van der Waals surface area contributed by atoms with Crippen LogP contribution >= 0.6 is 11.9 Å². The third-order valence-corrected chi connectivity index (χ3v) is 2.82. The molecule has 0 amide bonds. The normalized spacial score (nSPS) is 16.0. The number of hydrogen-bond acceptors (Lipinski definition) is 4. The van der Waals surface area contributed by atoms with E-state index in [2.05, 4.69) is 14.6 Å². The van der Waals surface area contributed by atoms with E-state index < -0.39 is 0 Å². The van der Waals surface area contributed by atoms with Crippen LogP contribution in [-0.2, 0) is 0 Å². The molecule has 0 saturated heterocycles. The van der Waals surface area contributed by atoms with E-state index in [-0.39, 0.29) is 0 Å². The fourth-order valence-electron chi connectivity index (χ4n) is 1.57. The lowest BCUT2D eigenvalue weighted by molar-refractivity contribution is 1.21. The third-order valence-electron chi connectivity index (χ3n) is 2.26. The second-order valence-corrected chi connectivity index (χ2v) is 3.82. The van der Waals surface area contributed by atoms with Gasteiger partial charge in [0.15, 0.2) is 0 Å². The highest BCUT2D eigenvalue weighted by Gasteiger charge is 2.06. The molecule has 0 aliphatic carbocycles. The summed E-state index contributed by atoms with van der Waals surface area (Å²) in [6.07, 6.45) is 7.61. The zero-order valence-electron chi connectivity index (χ0n) is 7.79. The van der Waals surface area contributed by atoms with Gasteiger partial charge in [-0.05, 0) is 23.6 Å². The maximum Gasteiger partial charge on any atom is 0.102 e. The molecular formula is C11H7N3S. The summed E-state index contributed by atoms with van der Waals surface area (Å²) in [5, 5.41) is 12.1. The molecule has 2 heterocycles. The lowest BCUT2D eigenvalue weighted by Gasteiger charge is -2.03. The molecule has 1 aromatic rings. The lowest BCUT2D eigenvalue weighted by atomic mass is 10.1. The highest BCUT2D eigenvalue weighted by atomic mass is 32.2. The van der Waals surface area contributed by atoms with Crippen molar-refractivity contribution in [2.24, 2.45) is 14.6 Å². The highest BCUT2D eigenvalue weighted by Crippen LogP contribution is 2.19. The summed E-state index contributed by atoms with van der Waals surface area (Å²) in [5.74, 6) is 0. The Bertz CT molecular complexity index is 611. The van der Waals surface area contributed by atoms with Gasteiger partial charge in [-0.1, -0.05) is 12.1 Å². The van der Waals surface area contributed by atoms with Gasteiger partial charge in [-0.2, -0.15) is 5.11 Å². The average molecular weight is 213 g/mol. The second kappa shape index (κ2) is 3.47. The Morgan fingerprint density at radius 1 is 1.20 bits per heavy atom. The van der Waals surface area contributed by atoms with E-state index >= 15 is 0 Å². The Kier molecular flexibility index (Phi) is 1.99. The Labute approximate surface area is 90.8 Å². The standard InChI is InChI=1S/C11H7N3S/c1-2-8-3-4-10-9(5-7-15-14-10)11(8)13-12-6-1/h1-7H. The van der Waals surface area contributed by atoms with Crippen molar-refractivity contribution >= 4 is 29.8 Å². The first-order valence-electron chi connectivity index (χ1n) is 4.56. The van der Waals surface area contributed by atoms with Crippen LogP contribution in [0.4, 0.5) is 5.69 Å². The van der Waals surface area contributed by atoms with Crippen molar-refractivity contribution in [2.75, 3.05) is 0 Å². The van der Waals surface area contributed by atoms with Crippen LogP contribution in [0.2, 0.25) is 0 Å². The van der Waals surface area contributed by atoms with Gasteiger partial charge in [0.1, 0.15) is 5.69 Å². The van der Waals surface area contributed by atoms with Gasteiger partial charge in [-0.3, -0.25) is 0 Å². The first-order chi connectivity index (χ1) is 7.45. The van der Waals surface area contributed by atoms with E-state index in [1.807, 2.05) is 35.8 Å². The predicted octanol–water partition coefficient (Wildman–Crippen LogP) is 2.33. The topological polar surface area (TPSA) is 37.1 Å². The van der Waals surface area contributed by atoms with Crippen molar-refractivity contribution in [3.63, 3.8) is 0 Å². The van der Waals surface area contributed by atoms with Gasteiger partial charge in [0, 0.05) is 28.9 Å². The molecule has 3 nitrogen and oxygen atoms in total. The molecule has 0 fully saturated rings. The van der Waals surface area contributed by atoms with Crippen LogP contribution in [0, 0.1) is 0 Å². The molecule has 0 unspecified atom stereocenters. The van der Waals surface area contributed by atoms with Crippen molar-refractivity contribution in [2.45, 2.75) is 0 Å². The molecule has 1 aromatic carbocycles. The Balaban J connectivity index is 2.44. The van der Waals surface area contributed by atoms with Crippen LogP contribution in [0.5, 0.6) is 0 Å². The van der Waals surface area contributed by atoms with E-state index in [0.717, 1.165) is 21.8 Å². The van der Waals surface area contributed by atoms with Gasteiger partial charge in [0.2, 0.25) is 0 Å². The van der Waals surface area contributed by atoms with E-state index in [9.17, 15) is 0 Å². The van der Waals surface area contributed by atoms with E-state index in [1.165, 1.54) is 11.9 Å². The fourth-order valence-corrected chi connectivity index (χ4v) is 2.10. The number of fused-ring (bicyclic) bond motifs is 3.